The van der Waals surface area contributed by atoms with Crippen LogP contribution in [0.5, 0.6) is 0 Å². The Labute approximate surface area is 137 Å². The summed E-state index contributed by atoms with van der Waals surface area (Å²) in [7, 11) is 0. The van der Waals surface area contributed by atoms with Crippen molar-refractivity contribution in [1.82, 2.24) is 5.32 Å². The van der Waals surface area contributed by atoms with Crippen molar-refractivity contribution in [3.05, 3.63) is 65.2 Å². The Hall–Kier alpha value is -2.00. The molecule has 0 heterocycles. The van der Waals surface area contributed by atoms with E-state index < -0.39 is 0 Å². The van der Waals surface area contributed by atoms with E-state index in [1.54, 1.807) is 24.3 Å². The summed E-state index contributed by atoms with van der Waals surface area (Å²) in [5.74, 6) is 0.394. The molecule has 1 atom stereocenters. The number of carbonyl (C=O) groups excluding carboxylic acids is 1. The Morgan fingerprint density at radius 2 is 1.86 bits per heavy atom. The fourth-order valence-corrected chi connectivity index (χ4v) is 3.02. The topological polar surface area (TPSA) is 55.1 Å². The Bertz CT molecular complexity index is 640. The normalized spacial score (nSPS) is 16.3. The first kappa shape index (κ1) is 16.4. The predicted octanol–water partition coefficient (Wildman–Crippen LogP) is 3.54. The molecule has 4 heteroatoms. The molecule has 0 bridgehead atoms. The van der Waals surface area contributed by atoms with Crippen LogP contribution in [0.1, 0.15) is 40.2 Å². The molecule has 0 fully saturated rings. The van der Waals surface area contributed by atoms with Crippen molar-refractivity contribution in [2.24, 2.45) is 0 Å². The number of benzene rings is 2. The number of halogens is 1. The molecule has 0 saturated heterocycles. The van der Waals surface area contributed by atoms with E-state index in [1.165, 1.54) is 17.5 Å². The molecule has 0 aliphatic heterocycles. The van der Waals surface area contributed by atoms with E-state index >= 15 is 0 Å². The number of hydrogen-bond donors (Lipinski definition) is 2. The maximum atomic E-state index is 12.2. The van der Waals surface area contributed by atoms with Gasteiger partial charge in [0.1, 0.15) is 0 Å². The number of aryl methyl sites for hydroxylation is 1. The zero-order chi connectivity index (χ0) is 14.7. The summed E-state index contributed by atoms with van der Waals surface area (Å²) in [4.78, 5) is 12.2. The van der Waals surface area contributed by atoms with Crippen molar-refractivity contribution in [3.8, 4) is 0 Å². The van der Waals surface area contributed by atoms with Gasteiger partial charge in [0.05, 0.1) is 0 Å². The minimum atomic E-state index is -0.0296. The van der Waals surface area contributed by atoms with Crippen LogP contribution < -0.4 is 11.1 Å². The average Bonchev–Trinajstić information content (AvgIpc) is 2.53. The highest BCUT2D eigenvalue weighted by molar-refractivity contribution is 5.94. The highest BCUT2D eigenvalue weighted by Gasteiger charge is 2.20. The molecular weight excluding hydrogens is 296 g/mol. The number of nitrogens with one attached hydrogen (secondary N) is 1. The molecule has 0 spiro atoms. The van der Waals surface area contributed by atoms with Crippen LogP contribution in [-0.4, -0.2) is 12.5 Å². The monoisotopic (exact) mass is 316 g/mol. The van der Waals surface area contributed by atoms with Crippen LogP contribution in [-0.2, 0) is 6.42 Å². The van der Waals surface area contributed by atoms with Crippen molar-refractivity contribution < 1.29 is 4.79 Å². The van der Waals surface area contributed by atoms with Crippen molar-refractivity contribution in [2.45, 2.75) is 25.2 Å². The molecule has 3 nitrogen and oxygen atoms in total. The van der Waals surface area contributed by atoms with E-state index in [0.717, 1.165) is 12.8 Å². The molecule has 0 aromatic heterocycles. The average molecular weight is 317 g/mol. The van der Waals surface area contributed by atoms with Gasteiger partial charge in [0.25, 0.3) is 5.91 Å². The Morgan fingerprint density at radius 1 is 1.14 bits per heavy atom. The second-order valence-corrected chi connectivity index (χ2v) is 5.62. The van der Waals surface area contributed by atoms with E-state index in [1.807, 2.05) is 0 Å². The lowest BCUT2D eigenvalue weighted by atomic mass is 9.83. The fraction of sp³-hybridized carbons (Fsp3) is 0.278. The Balaban J connectivity index is 0.00000176. The standard InChI is InChI=1S/C18H20N2O.ClH/c19-16-10-8-14(9-11-16)18(21)20-12-15-6-3-5-13-4-1-2-7-17(13)15;/h1-2,4,7-11,15H,3,5-6,12,19H2,(H,20,21);1H. The summed E-state index contributed by atoms with van der Waals surface area (Å²) >= 11 is 0. The lowest BCUT2D eigenvalue weighted by Gasteiger charge is -2.25. The van der Waals surface area contributed by atoms with Gasteiger partial charge < -0.3 is 11.1 Å². The third-order valence-corrected chi connectivity index (χ3v) is 4.18. The minimum absolute atomic E-state index is 0. The predicted molar refractivity (Wildman–Crippen MR) is 92.6 cm³/mol. The van der Waals surface area contributed by atoms with Crippen LogP contribution in [0.2, 0.25) is 0 Å². The van der Waals surface area contributed by atoms with Crippen molar-refractivity contribution in [3.63, 3.8) is 0 Å². The minimum Gasteiger partial charge on any atom is -0.399 e. The molecule has 1 amide bonds. The van der Waals surface area contributed by atoms with Gasteiger partial charge in [-0.3, -0.25) is 4.79 Å². The lowest BCUT2D eigenvalue weighted by Crippen LogP contribution is -2.29. The maximum absolute atomic E-state index is 12.2. The summed E-state index contributed by atoms with van der Waals surface area (Å²) in [6, 6.07) is 15.6. The molecule has 1 aliphatic rings. The SMILES string of the molecule is Cl.Nc1ccc(C(=O)NCC2CCCc3ccccc32)cc1. The molecule has 2 aromatic rings. The number of hydrogen-bond acceptors (Lipinski definition) is 2. The molecule has 116 valence electrons. The first-order valence-electron chi connectivity index (χ1n) is 7.45. The molecule has 2 aromatic carbocycles. The summed E-state index contributed by atoms with van der Waals surface area (Å²) in [5.41, 5.74) is 9.79. The number of nitrogens with two attached hydrogens (primary N) is 1. The molecular formula is C18H21ClN2O. The van der Waals surface area contributed by atoms with Gasteiger partial charge >= 0.3 is 0 Å². The van der Waals surface area contributed by atoms with Crippen LogP contribution in [0.15, 0.2) is 48.5 Å². The molecule has 3 N–H and O–H groups in total. The lowest BCUT2D eigenvalue weighted by molar-refractivity contribution is 0.0950. The molecule has 0 radical (unpaired) electrons. The quantitative estimate of drug-likeness (QED) is 0.851. The fourth-order valence-electron chi connectivity index (χ4n) is 3.02. The number of nitrogen functional groups attached to an aromatic ring is 1. The second-order valence-electron chi connectivity index (χ2n) is 5.62. The number of rotatable bonds is 3. The Morgan fingerprint density at radius 3 is 2.64 bits per heavy atom. The third-order valence-electron chi connectivity index (χ3n) is 4.18. The maximum Gasteiger partial charge on any atom is 0.251 e. The molecule has 22 heavy (non-hydrogen) atoms. The van der Waals surface area contributed by atoms with Crippen LogP contribution in [0, 0.1) is 0 Å². The number of anilines is 1. The summed E-state index contributed by atoms with van der Waals surface area (Å²) in [6.45, 7) is 0.695. The highest BCUT2D eigenvalue weighted by Crippen LogP contribution is 2.30. The van der Waals surface area contributed by atoms with Gasteiger partial charge in [-0.15, -0.1) is 12.4 Å². The van der Waals surface area contributed by atoms with Gasteiger partial charge in [0.15, 0.2) is 0 Å². The van der Waals surface area contributed by atoms with E-state index in [2.05, 4.69) is 29.6 Å². The van der Waals surface area contributed by atoms with Gasteiger partial charge in [-0.1, -0.05) is 24.3 Å². The number of amides is 1. The molecule has 3 rings (SSSR count). The summed E-state index contributed by atoms with van der Waals surface area (Å²) in [6.07, 6.45) is 3.48. The van der Waals surface area contributed by atoms with E-state index in [0.29, 0.717) is 23.7 Å². The zero-order valence-corrected chi connectivity index (χ0v) is 13.2. The van der Waals surface area contributed by atoms with Gasteiger partial charge in [-0.2, -0.15) is 0 Å². The first-order valence-corrected chi connectivity index (χ1v) is 7.45. The van der Waals surface area contributed by atoms with E-state index in [-0.39, 0.29) is 18.3 Å². The second kappa shape index (κ2) is 7.32. The third kappa shape index (κ3) is 3.60. The van der Waals surface area contributed by atoms with E-state index in [9.17, 15) is 4.79 Å². The first-order chi connectivity index (χ1) is 10.2. The highest BCUT2D eigenvalue weighted by atomic mass is 35.5. The molecule has 1 unspecified atom stereocenters. The number of fused-ring (bicyclic) bond motifs is 1. The van der Waals surface area contributed by atoms with Crippen LogP contribution in [0.4, 0.5) is 5.69 Å². The smallest absolute Gasteiger partial charge is 0.251 e. The largest absolute Gasteiger partial charge is 0.399 e. The van der Waals surface area contributed by atoms with Gasteiger partial charge in [-0.25, -0.2) is 0 Å². The van der Waals surface area contributed by atoms with Crippen LogP contribution in [0.3, 0.4) is 0 Å². The summed E-state index contributed by atoms with van der Waals surface area (Å²) < 4.78 is 0. The van der Waals surface area contributed by atoms with Gasteiger partial charge in [0.2, 0.25) is 0 Å². The van der Waals surface area contributed by atoms with E-state index in [4.69, 9.17) is 5.73 Å². The molecule has 0 saturated carbocycles. The van der Waals surface area contributed by atoms with Crippen LogP contribution >= 0.6 is 12.4 Å². The van der Waals surface area contributed by atoms with Crippen molar-refractivity contribution in [2.75, 3.05) is 12.3 Å². The van der Waals surface area contributed by atoms with Crippen molar-refractivity contribution in [1.29, 1.82) is 0 Å². The van der Waals surface area contributed by atoms with Crippen LogP contribution in [0.25, 0.3) is 0 Å². The summed E-state index contributed by atoms with van der Waals surface area (Å²) in [5, 5.41) is 3.05. The molecule has 1 aliphatic carbocycles. The van der Waals surface area contributed by atoms with Gasteiger partial charge in [-0.05, 0) is 54.7 Å². The Kier molecular flexibility index (Phi) is 5.45. The van der Waals surface area contributed by atoms with Gasteiger partial charge in [0, 0.05) is 23.7 Å². The van der Waals surface area contributed by atoms with Crippen molar-refractivity contribution >= 4 is 24.0 Å². The number of carbonyl (C=O) groups is 1. The zero-order valence-electron chi connectivity index (χ0n) is 12.4.